The number of benzene rings is 1. The molecule has 2 aromatic rings. The highest BCUT2D eigenvalue weighted by Crippen LogP contribution is 2.30. The number of nitrogens with one attached hydrogen (secondary N) is 2. The number of carbonyl (C=O) groups is 1. The molecule has 1 amide bonds. The lowest BCUT2D eigenvalue weighted by molar-refractivity contribution is 0.0931. The number of amides is 1. The predicted molar refractivity (Wildman–Crippen MR) is 93.4 cm³/mol. The van der Waals surface area contributed by atoms with Gasteiger partial charge in [0.1, 0.15) is 0 Å². The molecular formula is C17H22ClN5O. The van der Waals surface area contributed by atoms with Gasteiger partial charge >= 0.3 is 0 Å². The van der Waals surface area contributed by atoms with E-state index in [1.807, 2.05) is 16.8 Å². The molecule has 0 radical (unpaired) electrons. The van der Waals surface area contributed by atoms with Crippen molar-refractivity contribution in [1.82, 2.24) is 25.6 Å². The van der Waals surface area contributed by atoms with Crippen LogP contribution < -0.4 is 10.6 Å². The van der Waals surface area contributed by atoms with Crippen LogP contribution in [0.4, 0.5) is 0 Å². The van der Waals surface area contributed by atoms with Crippen LogP contribution in [0.2, 0.25) is 0 Å². The van der Waals surface area contributed by atoms with Crippen LogP contribution in [-0.4, -0.2) is 34.0 Å². The fourth-order valence-corrected chi connectivity index (χ4v) is 3.57. The van der Waals surface area contributed by atoms with E-state index < -0.39 is 0 Å². The molecule has 0 spiro atoms. The largest absolute Gasteiger partial charge is 0.344 e. The third-order valence-electron chi connectivity index (χ3n) is 4.86. The molecule has 0 bridgehead atoms. The summed E-state index contributed by atoms with van der Waals surface area (Å²) >= 11 is 0. The van der Waals surface area contributed by atoms with Crippen molar-refractivity contribution in [2.45, 2.75) is 37.8 Å². The summed E-state index contributed by atoms with van der Waals surface area (Å²) in [7, 11) is 0. The van der Waals surface area contributed by atoms with Crippen molar-refractivity contribution in [2.75, 3.05) is 13.1 Å². The lowest BCUT2D eigenvalue weighted by Gasteiger charge is -2.22. The first-order valence-corrected chi connectivity index (χ1v) is 8.32. The van der Waals surface area contributed by atoms with Crippen molar-refractivity contribution in [3.05, 3.63) is 47.3 Å². The van der Waals surface area contributed by atoms with Crippen molar-refractivity contribution < 1.29 is 4.79 Å². The Hall–Kier alpha value is -1.92. The highest BCUT2D eigenvalue weighted by molar-refractivity contribution is 5.92. The molecule has 1 fully saturated rings. The smallest absolute Gasteiger partial charge is 0.273 e. The van der Waals surface area contributed by atoms with Crippen LogP contribution in [-0.2, 0) is 6.42 Å². The third kappa shape index (κ3) is 3.30. The molecule has 128 valence electrons. The average Bonchev–Trinajstić information content (AvgIpc) is 3.24. The Morgan fingerprint density at radius 1 is 1.21 bits per heavy atom. The third-order valence-corrected chi connectivity index (χ3v) is 4.86. The van der Waals surface area contributed by atoms with Crippen LogP contribution in [0, 0.1) is 0 Å². The molecule has 24 heavy (non-hydrogen) atoms. The minimum Gasteiger partial charge on any atom is -0.344 e. The van der Waals surface area contributed by atoms with Gasteiger partial charge in [0.2, 0.25) is 0 Å². The molecule has 2 heterocycles. The average molecular weight is 348 g/mol. The zero-order valence-electron chi connectivity index (χ0n) is 13.4. The summed E-state index contributed by atoms with van der Waals surface area (Å²) in [5.41, 5.74) is 2.97. The zero-order valence-corrected chi connectivity index (χ0v) is 14.3. The van der Waals surface area contributed by atoms with Crippen molar-refractivity contribution >= 4 is 18.3 Å². The molecule has 0 saturated carbocycles. The van der Waals surface area contributed by atoms with E-state index in [0.717, 1.165) is 38.8 Å². The second-order valence-corrected chi connectivity index (χ2v) is 6.33. The van der Waals surface area contributed by atoms with Crippen LogP contribution in [0.15, 0.2) is 30.5 Å². The standard InChI is InChI=1S/C17H21N5O.ClH/c23-17(19-15-6-5-12-3-1-2-4-14(12)15)16-11-22(21-20-16)13-7-9-18-10-8-13;/h1-4,11,13,15,18H,5-10H2,(H,19,23);1H. The lowest BCUT2D eigenvalue weighted by atomic mass is 10.1. The molecule has 1 aromatic heterocycles. The maximum Gasteiger partial charge on any atom is 0.273 e. The summed E-state index contributed by atoms with van der Waals surface area (Å²) in [5.74, 6) is -0.133. The predicted octanol–water partition coefficient (Wildman–Crippen LogP) is 2.04. The maximum absolute atomic E-state index is 12.5. The van der Waals surface area contributed by atoms with Gasteiger partial charge < -0.3 is 10.6 Å². The first kappa shape index (κ1) is 16.9. The number of hydrogen-bond acceptors (Lipinski definition) is 4. The highest BCUT2D eigenvalue weighted by atomic mass is 35.5. The van der Waals surface area contributed by atoms with Gasteiger partial charge in [0.05, 0.1) is 18.3 Å². The normalized spacial score (nSPS) is 20.2. The molecule has 2 aliphatic rings. The molecule has 2 N–H and O–H groups in total. The summed E-state index contributed by atoms with van der Waals surface area (Å²) < 4.78 is 1.85. The Morgan fingerprint density at radius 3 is 2.83 bits per heavy atom. The van der Waals surface area contributed by atoms with Gasteiger partial charge in [-0.25, -0.2) is 4.68 Å². The van der Waals surface area contributed by atoms with Gasteiger partial charge in [0, 0.05) is 0 Å². The number of aryl methyl sites for hydroxylation is 1. The van der Waals surface area contributed by atoms with Crippen LogP contribution >= 0.6 is 12.4 Å². The van der Waals surface area contributed by atoms with Gasteiger partial charge in [-0.05, 0) is 49.9 Å². The monoisotopic (exact) mass is 347 g/mol. The van der Waals surface area contributed by atoms with E-state index in [1.54, 1.807) is 6.20 Å². The van der Waals surface area contributed by atoms with Gasteiger partial charge in [-0.1, -0.05) is 29.5 Å². The molecule has 1 aliphatic carbocycles. The van der Waals surface area contributed by atoms with Gasteiger partial charge in [0.25, 0.3) is 5.91 Å². The van der Waals surface area contributed by atoms with E-state index in [2.05, 4.69) is 33.1 Å². The SMILES string of the molecule is Cl.O=C(NC1CCc2ccccc21)c1cn(C2CCNCC2)nn1. The number of hydrogen-bond donors (Lipinski definition) is 2. The Balaban J connectivity index is 0.00000169. The molecule has 6 nitrogen and oxygen atoms in total. The van der Waals surface area contributed by atoms with Gasteiger partial charge in [-0.3, -0.25) is 4.79 Å². The van der Waals surface area contributed by atoms with Gasteiger partial charge in [-0.2, -0.15) is 0 Å². The minimum atomic E-state index is -0.133. The molecule has 1 saturated heterocycles. The summed E-state index contributed by atoms with van der Waals surface area (Å²) in [6, 6.07) is 8.73. The fraction of sp³-hybridized carbons (Fsp3) is 0.471. The van der Waals surface area contributed by atoms with E-state index >= 15 is 0 Å². The van der Waals surface area contributed by atoms with E-state index in [9.17, 15) is 4.79 Å². The van der Waals surface area contributed by atoms with Crippen molar-refractivity contribution in [1.29, 1.82) is 0 Å². The van der Waals surface area contributed by atoms with Crippen LogP contribution in [0.25, 0.3) is 0 Å². The van der Waals surface area contributed by atoms with Crippen molar-refractivity contribution in [3.8, 4) is 0 Å². The summed E-state index contributed by atoms with van der Waals surface area (Å²) in [5, 5.41) is 14.7. The highest BCUT2D eigenvalue weighted by Gasteiger charge is 2.25. The summed E-state index contributed by atoms with van der Waals surface area (Å²) in [6.45, 7) is 1.98. The first-order valence-electron chi connectivity index (χ1n) is 8.32. The fourth-order valence-electron chi connectivity index (χ4n) is 3.57. The number of fused-ring (bicyclic) bond motifs is 1. The Labute approximate surface area is 147 Å². The first-order chi connectivity index (χ1) is 11.3. The Morgan fingerprint density at radius 2 is 2.00 bits per heavy atom. The zero-order chi connectivity index (χ0) is 15.6. The maximum atomic E-state index is 12.5. The lowest BCUT2D eigenvalue weighted by Crippen LogP contribution is -2.29. The molecular weight excluding hydrogens is 326 g/mol. The Bertz CT molecular complexity index is 711. The molecule has 7 heteroatoms. The van der Waals surface area contributed by atoms with E-state index in [1.165, 1.54) is 11.1 Å². The van der Waals surface area contributed by atoms with Crippen molar-refractivity contribution in [3.63, 3.8) is 0 Å². The van der Waals surface area contributed by atoms with Crippen LogP contribution in [0.3, 0.4) is 0 Å². The summed E-state index contributed by atoms with van der Waals surface area (Å²) in [6.07, 6.45) is 5.81. The molecule has 4 rings (SSSR count). The number of nitrogens with zero attached hydrogens (tertiary/aromatic N) is 3. The summed E-state index contributed by atoms with van der Waals surface area (Å²) in [4.78, 5) is 12.5. The molecule has 1 aromatic carbocycles. The molecule has 1 atom stereocenters. The van der Waals surface area contributed by atoms with Crippen molar-refractivity contribution in [2.24, 2.45) is 0 Å². The number of aromatic nitrogens is 3. The second kappa shape index (κ2) is 7.32. The number of halogens is 1. The van der Waals surface area contributed by atoms with E-state index in [-0.39, 0.29) is 24.4 Å². The molecule has 1 unspecified atom stereocenters. The quantitative estimate of drug-likeness (QED) is 0.891. The van der Waals surface area contributed by atoms with E-state index in [0.29, 0.717) is 11.7 Å². The molecule has 1 aliphatic heterocycles. The van der Waals surface area contributed by atoms with Crippen LogP contribution in [0.1, 0.15) is 53.0 Å². The number of rotatable bonds is 3. The number of piperidine rings is 1. The van der Waals surface area contributed by atoms with E-state index in [4.69, 9.17) is 0 Å². The van der Waals surface area contributed by atoms with Gasteiger partial charge in [-0.15, -0.1) is 17.5 Å². The second-order valence-electron chi connectivity index (χ2n) is 6.33. The van der Waals surface area contributed by atoms with Crippen LogP contribution in [0.5, 0.6) is 0 Å². The minimum absolute atomic E-state index is 0. The number of carbonyl (C=O) groups excluding carboxylic acids is 1. The topological polar surface area (TPSA) is 71.8 Å². The Kier molecular flexibility index (Phi) is 5.16. The van der Waals surface area contributed by atoms with Gasteiger partial charge in [0.15, 0.2) is 5.69 Å².